The fourth-order valence-corrected chi connectivity index (χ4v) is 5.79. The Balaban J connectivity index is 1.01. The number of halogens is 2. The maximum absolute atomic E-state index is 14.3. The Kier molecular flexibility index (Phi) is 7.30. The minimum Gasteiger partial charge on any atom is -0.487 e. The van der Waals surface area contributed by atoms with Crippen molar-refractivity contribution in [2.75, 3.05) is 42.6 Å². The quantitative estimate of drug-likeness (QED) is 0.476. The van der Waals surface area contributed by atoms with Crippen molar-refractivity contribution in [3.05, 3.63) is 53.6 Å². The van der Waals surface area contributed by atoms with Crippen LogP contribution in [-0.2, 0) is 4.74 Å². The van der Waals surface area contributed by atoms with E-state index in [1.54, 1.807) is 12.4 Å². The molecule has 5 heterocycles. The third kappa shape index (κ3) is 5.53. The lowest BCUT2D eigenvalue weighted by Crippen LogP contribution is -2.38. The number of aromatic nitrogens is 4. The van der Waals surface area contributed by atoms with Gasteiger partial charge in [0, 0.05) is 44.7 Å². The number of piperidine rings is 1. The Morgan fingerprint density at radius 2 is 1.87 bits per heavy atom. The van der Waals surface area contributed by atoms with Crippen LogP contribution in [0.3, 0.4) is 0 Å². The highest BCUT2D eigenvalue weighted by molar-refractivity contribution is 5.39. The van der Waals surface area contributed by atoms with Crippen LogP contribution in [0.1, 0.15) is 56.0 Å². The van der Waals surface area contributed by atoms with Gasteiger partial charge in [-0.3, -0.25) is 0 Å². The van der Waals surface area contributed by atoms with Gasteiger partial charge in [0.1, 0.15) is 17.7 Å². The Morgan fingerprint density at radius 3 is 2.62 bits per heavy atom. The topological polar surface area (TPSA) is 116 Å². The minimum absolute atomic E-state index is 0.0210. The molecule has 2 N–H and O–H groups in total. The van der Waals surface area contributed by atoms with Gasteiger partial charge >= 0.3 is 6.01 Å². The van der Waals surface area contributed by atoms with E-state index in [1.165, 1.54) is 6.07 Å². The molecule has 10 nitrogen and oxygen atoms in total. The fraction of sp³-hybridized carbons (Fsp3) is 0.556. The molecule has 2 aromatic heterocycles. The van der Waals surface area contributed by atoms with Gasteiger partial charge in [-0.15, -0.1) is 0 Å². The molecule has 208 valence electrons. The predicted molar refractivity (Wildman–Crippen MR) is 139 cm³/mol. The molecule has 3 fully saturated rings. The Bertz CT molecular complexity index is 1260. The summed E-state index contributed by atoms with van der Waals surface area (Å²) in [4.78, 5) is 17.5. The Hall–Kier alpha value is -3.38. The Morgan fingerprint density at radius 1 is 1.08 bits per heavy atom. The number of ether oxygens (including phenoxy) is 2. The normalized spacial score (nSPS) is 24.9. The highest BCUT2D eigenvalue weighted by atomic mass is 19.1. The van der Waals surface area contributed by atoms with Crippen LogP contribution < -0.4 is 20.3 Å². The largest absolute Gasteiger partial charge is 0.487 e. The van der Waals surface area contributed by atoms with Crippen molar-refractivity contribution in [1.29, 1.82) is 0 Å². The summed E-state index contributed by atoms with van der Waals surface area (Å²) in [6.45, 7) is 5.29. The standard InChI is InChI=1S/C27H33F2N7O3/c1-16(17-6-8-35(9-7-17)27-33-25(34-39-27)24-3-2-10-37-24)38-19-12-31-26(32-13-19)36-14-21(23(30)15-36)20-11-18(28)4-5-22(20)29/h4-5,11-13,16-17,21,23-24H,2-3,6-10,14-15,30H2,1H3. The molecule has 0 spiro atoms. The molecule has 0 radical (unpaired) electrons. The van der Waals surface area contributed by atoms with Gasteiger partial charge in [-0.25, -0.2) is 18.7 Å². The van der Waals surface area contributed by atoms with Gasteiger partial charge in [0.15, 0.2) is 5.75 Å². The third-order valence-electron chi connectivity index (χ3n) is 8.06. The average molecular weight is 542 g/mol. The van der Waals surface area contributed by atoms with E-state index in [0.717, 1.165) is 57.5 Å². The second-order valence-corrected chi connectivity index (χ2v) is 10.6. The third-order valence-corrected chi connectivity index (χ3v) is 8.06. The summed E-state index contributed by atoms with van der Waals surface area (Å²) < 4.78 is 45.4. The van der Waals surface area contributed by atoms with Crippen LogP contribution in [0.4, 0.5) is 20.7 Å². The summed E-state index contributed by atoms with van der Waals surface area (Å²) in [5.74, 6) is 0.790. The molecule has 3 aliphatic heterocycles. The molecule has 3 aliphatic rings. The summed E-state index contributed by atoms with van der Waals surface area (Å²) in [6, 6.07) is 3.67. The molecule has 0 saturated carbocycles. The molecule has 0 bridgehead atoms. The van der Waals surface area contributed by atoms with E-state index < -0.39 is 11.6 Å². The van der Waals surface area contributed by atoms with Crippen LogP contribution in [-0.4, -0.2) is 65.0 Å². The zero-order valence-electron chi connectivity index (χ0n) is 21.9. The van der Waals surface area contributed by atoms with Gasteiger partial charge in [0.25, 0.3) is 0 Å². The van der Waals surface area contributed by atoms with Crippen LogP contribution in [0.25, 0.3) is 0 Å². The lowest BCUT2D eigenvalue weighted by Gasteiger charge is -2.33. The molecule has 39 heavy (non-hydrogen) atoms. The van der Waals surface area contributed by atoms with Crippen molar-refractivity contribution in [3.8, 4) is 5.75 Å². The first-order valence-electron chi connectivity index (χ1n) is 13.6. The van der Waals surface area contributed by atoms with Crippen LogP contribution >= 0.6 is 0 Å². The molecule has 12 heteroatoms. The zero-order valence-corrected chi connectivity index (χ0v) is 21.9. The molecular weight excluding hydrogens is 508 g/mol. The van der Waals surface area contributed by atoms with Gasteiger partial charge in [-0.1, -0.05) is 5.16 Å². The summed E-state index contributed by atoms with van der Waals surface area (Å²) in [7, 11) is 0. The number of hydrogen-bond donors (Lipinski definition) is 1. The van der Waals surface area contributed by atoms with Gasteiger partial charge < -0.3 is 29.5 Å². The van der Waals surface area contributed by atoms with Crippen LogP contribution in [0, 0.1) is 17.6 Å². The number of hydrogen-bond acceptors (Lipinski definition) is 10. The van der Waals surface area contributed by atoms with E-state index in [0.29, 0.717) is 42.5 Å². The van der Waals surface area contributed by atoms with E-state index in [-0.39, 0.29) is 29.7 Å². The van der Waals surface area contributed by atoms with Crippen LogP contribution in [0.5, 0.6) is 5.75 Å². The van der Waals surface area contributed by atoms with Crippen molar-refractivity contribution >= 4 is 12.0 Å². The Labute approximate surface area is 225 Å². The number of rotatable bonds is 7. The molecule has 4 atom stereocenters. The molecule has 3 aromatic rings. The van der Waals surface area contributed by atoms with Gasteiger partial charge in [0.05, 0.1) is 18.5 Å². The van der Waals surface area contributed by atoms with E-state index in [1.807, 2.05) is 4.90 Å². The lowest BCUT2D eigenvalue weighted by atomic mass is 9.92. The smallest absolute Gasteiger partial charge is 0.324 e. The number of nitrogens with zero attached hydrogens (tertiary/aromatic N) is 6. The molecule has 1 aromatic carbocycles. The molecule has 0 aliphatic carbocycles. The number of nitrogens with two attached hydrogens (primary N) is 1. The molecule has 4 unspecified atom stereocenters. The molecule has 6 rings (SSSR count). The first kappa shape index (κ1) is 25.9. The van der Waals surface area contributed by atoms with E-state index in [2.05, 4.69) is 31.9 Å². The SMILES string of the molecule is CC(Oc1cnc(N2CC(N)C(c3cc(F)ccc3F)C2)nc1)C1CCN(c2nc(C3CCCO3)no2)CC1. The van der Waals surface area contributed by atoms with Gasteiger partial charge in [0.2, 0.25) is 11.8 Å². The van der Waals surface area contributed by atoms with E-state index in [4.69, 9.17) is 19.7 Å². The summed E-state index contributed by atoms with van der Waals surface area (Å²) >= 11 is 0. The number of benzene rings is 1. The zero-order chi connectivity index (χ0) is 26.9. The minimum atomic E-state index is -0.479. The second-order valence-electron chi connectivity index (χ2n) is 10.6. The lowest BCUT2D eigenvalue weighted by molar-refractivity contribution is 0.103. The maximum Gasteiger partial charge on any atom is 0.324 e. The summed E-state index contributed by atoms with van der Waals surface area (Å²) in [6.07, 6.45) is 7.05. The van der Waals surface area contributed by atoms with Crippen LogP contribution in [0.2, 0.25) is 0 Å². The monoisotopic (exact) mass is 541 g/mol. The molecular formula is C27H33F2N7O3. The van der Waals surface area contributed by atoms with Crippen LogP contribution in [0.15, 0.2) is 35.1 Å². The highest BCUT2D eigenvalue weighted by Crippen LogP contribution is 2.32. The first-order valence-corrected chi connectivity index (χ1v) is 13.6. The summed E-state index contributed by atoms with van der Waals surface area (Å²) in [5.41, 5.74) is 6.56. The number of anilines is 2. The average Bonchev–Trinajstić information content (AvgIpc) is 3.72. The van der Waals surface area contributed by atoms with E-state index >= 15 is 0 Å². The van der Waals surface area contributed by atoms with Crippen molar-refractivity contribution in [2.24, 2.45) is 11.7 Å². The van der Waals surface area contributed by atoms with Crippen molar-refractivity contribution in [1.82, 2.24) is 20.1 Å². The molecule has 3 saturated heterocycles. The highest BCUT2D eigenvalue weighted by Gasteiger charge is 2.35. The van der Waals surface area contributed by atoms with E-state index in [9.17, 15) is 8.78 Å². The van der Waals surface area contributed by atoms with Gasteiger partial charge in [-0.2, -0.15) is 4.98 Å². The molecule has 0 amide bonds. The summed E-state index contributed by atoms with van der Waals surface area (Å²) in [5, 5.41) is 4.12. The first-order chi connectivity index (χ1) is 18.9. The van der Waals surface area contributed by atoms with Crippen molar-refractivity contribution < 1.29 is 22.8 Å². The van der Waals surface area contributed by atoms with Crippen molar-refractivity contribution in [3.63, 3.8) is 0 Å². The van der Waals surface area contributed by atoms with Gasteiger partial charge in [-0.05, 0) is 62.3 Å². The second kappa shape index (κ2) is 11.0. The predicted octanol–water partition coefficient (Wildman–Crippen LogP) is 3.60. The van der Waals surface area contributed by atoms with Crippen molar-refractivity contribution in [2.45, 2.75) is 56.8 Å². The fourth-order valence-electron chi connectivity index (χ4n) is 5.79. The maximum atomic E-state index is 14.3.